The van der Waals surface area contributed by atoms with Gasteiger partial charge in [0.25, 0.3) is 0 Å². The molecular formula is C17H22O4. The number of phenols is 1. The minimum atomic E-state index is -0.338. The van der Waals surface area contributed by atoms with Crippen molar-refractivity contribution in [2.24, 2.45) is 5.92 Å². The lowest BCUT2D eigenvalue weighted by atomic mass is 9.68. The molecule has 0 aromatic heterocycles. The molecule has 1 aromatic carbocycles. The highest BCUT2D eigenvalue weighted by atomic mass is 16.5. The predicted molar refractivity (Wildman–Crippen MR) is 79.4 cm³/mol. The molecule has 1 heterocycles. The zero-order chi connectivity index (χ0) is 15.2. The summed E-state index contributed by atoms with van der Waals surface area (Å²) < 4.78 is 6.12. The molecule has 21 heavy (non-hydrogen) atoms. The summed E-state index contributed by atoms with van der Waals surface area (Å²) in [6.45, 7) is 4.06. The summed E-state index contributed by atoms with van der Waals surface area (Å²) in [5, 5.41) is 29.1. The highest BCUT2D eigenvalue weighted by molar-refractivity contribution is 5.53. The minimum absolute atomic E-state index is 0.0485. The van der Waals surface area contributed by atoms with Crippen molar-refractivity contribution in [1.82, 2.24) is 0 Å². The predicted octanol–water partition coefficient (Wildman–Crippen LogP) is 2.47. The van der Waals surface area contributed by atoms with Gasteiger partial charge < -0.3 is 20.1 Å². The summed E-state index contributed by atoms with van der Waals surface area (Å²) in [5.41, 5.74) is 2.10. The molecule has 4 nitrogen and oxygen atoms in total. The number of rotatable bonds is 2. The molecule has 0 bridgehead atoms. The molecule has 2 atom stereocenters. The third-order valence-corrected chi connectivity index (χ3v) is 4.79. The van der Waals surface area contributed by atoms with Crippen molar-refractivity contribution in [3.63, 3.8) is 0 Å². The fraction of sp³-hybridized carbons (Fsp3) is 0.529. The summed E-state index contributed by atoms with van der Waals surface area (Å²) in [6.07, 6.45) is 3.88. The van der Waals surface area contributed by atoms with Crippen LogP contribution in [0.3, 0.4) is 0 Å². The van der Waals surface area contributed by atoms with E-state index in [1.54, 1.807) is 12.1 Å². The van der Waals surface area contributed by atoms with Crippen molar-refractivity contribution in [3.8, 4) is 11.5 Å². The third-order valence-electron chi connectivity index (χ3n) is 4.79. The quantitative estimate of drug-likeness (QED) is 0.732. The van der Waals surface area contributed by atoms with Gasteiger partial charge in [-0.25, -0.2) is 0 Å². The summed E-state index contributed by atoms with van der Waals surface area (Å²) in [7, 11) is 0. The standard InChI is InChI=1S/C17H22O4/c1-17(2)13-4-3-10(8-18)5-12(13)16-14(20)6-11(9-19)7-15(16)21-17/h5-7,12-13,18-20H,3-4,8-9H2,1-2H3. The molecule has 0 amide bonds. The van der Waals surface area contributed by atoms with Crippen LogP contribution in [0.5, 0.6) is 11.5 Å². The number of ether oxygens (including phenoxy) is 1. The lowest BCUT2D eigenvalue weighted by Gasteiger charge is -2.46. The second-order valence-electron chi connectivity index (χ2n) is 6.54. The fourth-order valence-electron chi connectivity index (χ4n) is 3.71. The number of aliphatic hydroxyl groups is 2. The summed E-state index contributed by atoms with van der Waals surface area (Å²) in [5.74, 6) is 1.12. The van der Waals surface area contributed by atoms with Crippen LogP contribution in [-0.2, 0) is 6.61 Å². The Morgan fingerprint density at radius 1 is 1.24 bits per heavy atom. The van der Waals surface area contributed by atoms with Gasteiger partial charge in [-0.2, -0.15) is 0 Å². The number of aromatic hydroxyl groups is 1. The highest BCUT2D eigenvalue weighted by Gasteiger charge is 2.45. The van der Waals surface area contributed by atoms with Crippen LogP contribution >= 0.6 is 0 Å². The van der Waals surface area contributed by atoms with E-state index in [0.29, 0.717) is 11.3 Å². The van der Waals surface area contributed by atoms with Crippen molar-refractivity contribution < 1.29 is 20.1 Å². The first-order valence-corrected chi connectivity index (χ1v) is 7.42. The van der Waals surface area contributed by atoms with E-state index in [1.807, 2.05) is 0 Å². The molecular weight excluding hydrogens is 268 g/mol. The number of hydrogen-bond donors (Lipinski definition) is 3. The zero-order valence-corrected chi connectivity index (χ0v) is 12.5. The van der Waals surface area contributed by atoms with Gasteiger partial charge in [0.1, 0.15) is 17.1 Å². The van der Waals surface area contributed by atoms with E-state index in [0.717, 1.165) is 24.0 Å². The molecule has 1 aliphatic carbocycles. The lowest BCUT2D eigenvalue weighted by Crippen LogP contribution is -2.45. The number of phenolic OH excluding ortho intramolecular Hbond substituents is 1. The van der Waals surface area contributed by atoms with Gasteiger partial charge in [-0.3, -0.25) is 0 Å². The summed E-state index contributed by atoms with van der Waals surface area (Å²) >= 11 is 0. The van der Waals surface area contributed by atoms with E-state index in [4.69, 9.17) is 4.74 Å². The van der Waals surface area contributed by atoms with E-state index in [-0.39, 0.29) is 36.4 Å². The van der Waals surface area contributed by atoms with Crippen molar-refractivity contribution in [2.45, 2.75) is 44.8 Å². The SMILES string of the molecule is CC1(C)Oc2cc(CO)cc(O)c2C2C=C(CO)CCC21. The Hall–Kier alpha value is -1.52. The normalized spacial score (nSPS) is 26.4. The molecule has 1 aliphatic heterocycles. The number of hydrogen-bond acceptors (Lipinski definition) is 4. The Morgan fingerprint density at radius 2 is 2.00 bits per heavy atom. The van der Waals surface area contributed by atoms with E-state index >= 15 is 0 Å². The molecule has 0 radical (unpaired) electrons. The zero-order valence-electron chi connectivity index (χ0n) is 12.5. The Morgan fingerprint density at radius 3 is 2.67 bits per heavy atom. The van der Waals surface area contributed by atoms with Gasteiger partial charge >= 0.3 is 0 Å². The number of aliphatic hydroxyl groups excluding tert-OH is 2. The minimum Gasteiger partial charge on any atom is -0.507 e. The van der Waals surface area contributed by atoms with Crippen molar-refractivity contribution in [2.75, 3.05) is 6.61 Å². The van der Waals surface area contributed by atoms with Crippen LogP contribution in [0.2, 0.25) is 0 Å². The number of allylic oxidation sites excluding steroid dienone is 1. The van der Waals surface area contributed by atoms with Crippen LogP contribution in [0.4, 0.5) is 0 Å². The first kappa shape index (κ1) is 14.4. The molecule has 4 heteroatoms. The van der Waals surface area contributed by atoms with Crippen molar-refractivity contribution in [1.29, 1.82) is 0 Å². The van der Waals surface area contributed by atoms with Gasteiger partial charge in [-0.1, -0.05) is 6.08 Å². The van der Waals surface area contributed by atoms with E-state index in [1.165, 1.54) is 0 Å². The Bertz CT molecular complexity index is 589. The highest BCUT2D eigenvalue weighted by Crippen LogP contribution is 2.53. The molecule has 0 saturated carbocycles. The molecule has 2 unspecified atom stereocenters. The van der Waals surface area contributed by atoms with Gasteiger partial charge in [-0.15, -0.1) is 0 Å². The van der Waals surface area contributed by atoms with E-state index in [2.05, 4.69) is 19.9 Å². The monoisotopic (exact) mass is 290 g/mol. The van der Waals surface area contributed by atoms with Gasteiger partial charge in [0, 0.05) is 17.4 Å². The molecule has 0 fully saturated rings. The second-order valence-corrected chi connectivity index (χ2v) is 6.54. The van der Waals surface area contributed by atoms with Crippen LogP contribution in [-0.4, -0.2) is 27.5 Å². The molecule has 1 aromatic rings. The first-order valence-electron chi connectivity index (χ1n) is 7.42. The summed E-state index contributed by atoms with van der Waals surface area (Å²) in [6, 6.07) is 3.40. The van der Waals surface area contributed by atoms with Crippen molar-refractivity contribution in [3.05, 3.63) is 34.9 Å². The number of fused-ring (bicyclic) bond motifs is 3. The van der Waals surface area contributed by atoms with Crippen LogP contribution in [0.15, 0.2) is 23.8 Å². The van der Waals surface area contributed by atoms with Crippen LogP contribution in [0.25, 0.3) is 0 Å². The Labute approximate surface area is 124 Å². The summed E-state index contributed by atoms with van der Waals surface area (Å²) in [4.78, 5) is 0. The van der Waals surface area contributed by atoms with Gasteiger partial charge in [0.2, 0.25) is 0 Å². The van der Waals surface area contributed by atoms with Gasteiger partial charge in [0.15, 0.2) is 0 Å². The Kier molecular flexibility index (Phi) is 3.46. The average molecular weight is 290 g/mol. The fourth-order valence-corrected chi connectivity index (χ4v) is 3.71. The molecule has 114 valence electrons. The maximum atomic E-state index is 10.4. The smallest absolute Gasteiger partial charge is 0.127 e. The Balaban J connectivity index is 2.16. The maximum Gasteiger partial charge on any atom is 0.127 e. The van der Waals surface area contributed by atoms with E-state index in [9.17, 15) is 15.3 Å². The lowest BCUT2D eigenvalue weighted by molar-refractivity contribution is 0.00991. The molecule has 3 N–H and O–H groups in total. The topological polar surface area (TPSA) is 69.9 Å². The molecule has 2 aliphatic rings. The van der Waals surface area contributed by atoms with E-state index < -0.39 is 0 Å². The molecule has 0 saturated heterocycles. The number of benzene rings is 1. The first-order chi connectivity index (χ1) is 9.96. The van der Waals surface area contributed by atoms with Crippen LogP contribution in [0, 0.1) is 5.92 Å². The van der Waals surface area contributed by atoms with Crippen LogP contribution < -0.4 is 4.74 Å². The van der Waals surface area contributed by atoms with Gasteiger partial charge in [0.05, 0.1) is 13.2 Å². The maximum absolute atomic E-state index is 10.4. The largest absolute Gasteiger partial charge is 0.507 e. The average Bonchev–Trinajstić information content (AvgIpc) is 2.45. The molecule has 0 spiro atoms. The van der Waals surface area contributed by atoms with Crippen LogP contribution in [0.1, 0.15) is 43.7 Å². The third kappa shape index (κ3) is 2.32. The van der Waals surface area contributed by atoms with Gasteiger partial charge in [-0.05, 0) is 50.0 Å². The molecule has 3 rings (SSSR count). The second kappa shape index (κ2) is 5.04. The van der Waals surface area contributed by atoms with Crippen molar-refractivity contribution >= 4 is 0 Å².